The third-order valence-electron chi connectivity index (χ3n) is 3.69. The first-order chi connectivity index (χ1) is 9.71. The number of rotatable bonds is 7. The summed E-state index contributed by atoms with van der Waals surface area (Å²) in [4.78, 5) is 0. The van der Waals surface area contributed by atoms with Crippen molar-refractivity contribution in [3.8, 4) is 0 Å². The molecule has 0 spiro atoms. The summed E-state index contributed by atoms with van der Waals surface area (Å²) in [6.45, 7) is 8.19. The first-order valence-electron chi connectivity index (χ1n) is 7.64. The van der Waals surface area contributed by atoms with Gasteiger partial charge in [0.1, 0.15) is 0 Å². The van der Waals surface area contributed by atoms with Crippen LogP contribution in [0.15, 0.2) is 24.3 Å². The average Bonchev–Trinajstić information content (AvgIpc) is 2.37. The van der Waals surface area contributed by atoms with Gasteiger partial charge in [0, 0.05) is 12.1 Å². The highest BCUT2D eigenvalue weighted by atomic mass is 19.4. The molecule has 1 aromatic carbocycles. The second kappa shape index (κ2) is 7.83. The summed E-state index contributed by atoms with van der Waals surface area (Å²) < 4.78 is 39.0. The third-order valence-corrected chi connectivity index (χ3v) is 3.69. The van der Waals surface area contributed by atoms with Gasteiger partial charge < -0.3 is 5.32 Å². The molecule has 0 saturated carbocycles. The number of benzene rings is 1. The Morgan fingerprint density at radius 3 is 2.19 bits per heavy atom. The lowest BCUT2D eigenvalue weighted by Gasteiger charge is -2.23. The molecule has 0 aliphatic carbocycles. The Morgan fingerprint density at radius 2 is 1.62 bits per heavy atom. The fraction of sp³-hybridized carbons (Fsp3) is 0.647. The van der Waals surface area contributed by atoms with Gasteiger partial charge in [-0.15, -0.1) is 0 Å². The summed E-state index contributed by atoms with van der Waals surface area (Å²) in [5.41, 5.74) is -0.222. The van der Waals surface area contributed by atoms with Gasteiger partial charge in [0.2, 0.25) is 0 Å². The van der Waals surface area contributed by atoms with Gasteiger partial charge in [-0.3, -0.25) is 0 Å². The lowest BCUT2D eigenvalue weighted by Crippen LogP contribution is -2.30. The predicted octanol–water partition coefficient (Wildman–Crippen LogP) is 5.57. The Balaban J connectivity index is 2.65. The van der Waals surface area contributed by atoms with Crippen LogP contribution in [0, 0.1) is 5.92 Å². The molecular weight excluding hydrogens is 275 g/mol. The van der Waals surface area contributed by atoms with E-state index in [4.69, 9.17) is 0 Å². The monoisotopic (exact) mass is 301 g/mol. The van der Waals surface area contributed by atoms with E-state index in [-0.39, 0.29) is 12.1 Å². The summed E-state index contributed by atoms with van der Waals surface area (Å²) in [5.74, 6) is 0.667. The highest BCUT2D eigenvalue weighted by molar-refractivity contribution is 5.32. The average molecular weight is 301 g/mol. The van der Waals surface area contributed by atoms with Gasteiger partial charge in [-0.05, 0) is 37.8 Å². The van der Waals surface area contributed by atoms with E-state index in [1.54, 1.807) is 19.1 Å². The van der Waals surface area contributed by atoms with Gasteiger partial charge in [0.15, 0.2) is 0 Å². The second-order valence-corrected chi connectivity index (χ2v) is 6.20. The number of nitrogens with one attached hydrogen (secondary N) is 1. The molecule has 0 radical (unpaired) electrons. The van der Waals surface area contributed by atoms with Crippen LogP contribution < -0.4 is 5.32 Å². The zero-order valence-electron chi connectivity index (χ0n) is 13.3. The van der Waals surface area contributed by atoms with E-state index < -0.39 is 11.7 Å². The minimum absolute atomic E-state index is 0.208. The van der Waals surface area contributed by atoms with Crippen molar-refractivity contribution in [2.75, 3.05) is 0 Å². The minimum atomic E-state index is -4.30. The second-order valence-electron chi connectivity index (χ2n) is 6.20. The van der Waals surface area contributed by atoms with Crippen LogP contribution in [0.4, 0.5) is 13.2 Å². The molecule has 2 atom stereocenters. The normalized spacial score (nSPS) is 15.2. The van der Waals surface area contributed by atoms with E-state index in [0.29, 0.717) is 11.5 Å². The van der Waals surface area contributed by atoms with Crippen LogP contribution in [-0.4, -0.2) is 6.04 Å². The minimum Gasteiger partial charge on any atom is -0.308 e. The molecule has 1 nitrogen and oxygen atoms in total. The van der Waals surface area contributed by atoms with Gasteiger partial charge in [-0.25, -0.2) is 0 Å². The molecule has 0 fully saturated rings. The van der Waals surface area contributed by atoms with Crippen molar-refractivity contribution in [2.24, 2.45) is 5.92 Å². The maximum Gasteiger partial charge on any atom is 0.416 e. The van der Waals surface area contributed by atoms with Crippen molar-refractivity contribution in [1.29, 1.82) is 0 Å². The third kappa shape index (κ3) is 6.08. The Kier molecular flexibility index (Phi) is 6.72. The molecule has 21 heavy (non-hydrogen) atoms. The zero-order valence-corrected chi connectivity index (χ0v) is 13.3. The fourth-order valence-electron chi connectivity index (χ4n) is 2.56. The first-order valence-corrected chi connectivity index (χ1v) is 7.64. The number of hydrogen-bond acceptors (Lipinski definition) is 1. The van der Waals surface area contributed by atoms with Crippen molar-refractivity contribution in [2.45, 2.75) is 65.2 Å². The maximum absolute atomic E-state index is 13.0. The van der Waals surface area contributed by atoms with E-state index in [9.17, 15) is 13.2 Å². The Morgan fingerprint density at radius 1 is 1.00 bits per heavy atom. The van der Waals surface area contributed by atoms with Crippen molar-refractivity contribution in [3.05, 3.63) is 35.4 Å². The lowest BCUT2D eigenvalue weighted by atomic mass is 9.99. The van der Waals surface area contributed by atoms with Gasteiger partial charge in [-0.1, -0.05) is 44.9 Å². The molecular formula is C17H26F3N. The molecule has 0 heterocycles. The van der Waals surface area contributed by atoms with Gasteiger partial charge in [0.25, 0.3) is 0 Å². The highest BCUT2D eigenvalue weighted by Crippen LogP contribution is 2.34. The van der Waals surface area contributed by atoms with Crippen molar-refractivity contribution >= 4 is 0 Å². The molecule has 0 aliphatic heterocycles. The summed E-state index contributed by atoms with van der Waals surface area (Å²) in [6.07, 6.45) is -1.07. The molecule has 0 aliphatic rings. The molecule has 1 N–H and O–H groups in total. The zero-order chi connectivity index (χ0) is 16.0. The van der Waals surface area contributed by atoms with Crippen LogP contribution in [0.25, 0.3) is 0 Å². The number of hydrogen-bond donors (Lipinski definition) is 1. The van der Waals surface area contributed by atoms with Gasteiger partial charge >= 0.3 is 6.18 Å². The highest BCUT2D eigenvalue weighted by Gasteiger charge is 2.34. The molecule has 0 bridgehead atoms. The van der Waals surface area contributed by atoms with Crippen LogP contribution in [0.1, 0.15) is 64.1 Å². The molecule has 4 heteroatoms. The molecule has 2 unspecified atom stereocenters. The van der Waals surface area contributed by atoms with Crippen molar-refractivity contribution in [3.63, 3.8) is 0 Å². The van der Waals surface area contributed by atoms with E-state index in [0.717, 1.165) is 25.3 Å². The SMILES string of the molecule is CC(C)CCCC(C)NC(C)c1ccccc1C(F)(F)F. The van der Waals surface area contributed by atoms with Crippen LogP contribution in [0.5, 0.6) is 0 Å². The van der Waals surface area contributed by atoms with Crippen molar-refractivity contribution in [1.82, 2.24) is 5.32 Å². The van der Waals surface area contributed by atoms with Crippen molar-refractivity contribution < 1.29 is 13.2 Å². The standard InChI is InChI=1S/C17H26F3N/c1-12(2)8-7-9-13(3)21-14(4)15-10-5-6-11-16(15)17(18,19)20/h5-6,10-14,21H,7-9H2,1-4H3. The summed E-state index contributed by atoms with van der Waals surface area (Å²) in [5, 5.41) is 3.28. The van der Waals surface area contributed by atoms with E-state index in [2.05, 4.69) is 19.2 Å². The van der Waals surface area contributed by atoms with E-state index >= 15 is 0 Å². The molecule has 0 amide bonds. The number of halogens is 3. The molecule has 0 aromatic heterocycles. The predicted molar refractivity (Wildman–Crippen MR) is 81.1 cm³/mol. The summed E-state index contributed by atoms with van der Waals surface area (Å²) in [7, 11) is 0. The maximum atomic E-state index is 13.0. The molecule has 0 saturated heterocycles. The smallest absolute Gasteiger partial charge is 0.308 e. The molecule has 1 aromatic rings. The summed E-state index contributed by atoms with van der Waals surface area (Å²) in [6, 6.07) is 5.70. The van der Waals surface area contributed by atoms with Crippen LogP contribution >= 0.6 is 0 Å². The Bertz CT molecular complexity index is 426. The molecule has 1 rings (SSSR count). The molecule has 120 valence electrons. The van der Waals surface area contributed by atoms with Crippen LogP contribution in [0.3, 0.4) is 0 Å². The quantitative estimate of drug-likeness (QED) is 0.694. The van der Waals surface area contributed by atoms with Crippen LogP contribution in [-0.2, 0) is 6.18 Å². The van der Waals surface area contributed by atoms with Crippen LogP contribution in [0.2, 0.25) is 0 Å². The Labute approximate surface area is 125 Å². The largest absolute Gasteiger partial charge is 0.416 e. The van der Waals surface area contributed by atoms with Gasteiger partial charge in [-0.2, -0.15) is 13.2 Å². The topological polar surface area (TPSA) is 12.0 Å². The number of alkyl halides is 3. The lowest BCUT2D eigenvalue weighted by molar-refractivity contribution is -0.138. The van der Waals surface area contributed by atoms with E-state index in [1.807, 2.05) is 6.92 Å². The first kappa shape index (κ1) is 18.0. The van der Waals surface area contributed by atoms with E-state index in [1.165, 1.54) is 6.07 Å². The summed E-state index contributed by atoms with van der Waals surface area (Å²) >= 11 is 0. The fourth-order valence-corrected chi connectivity index (χ4v) is 2.56. The Hall–Kier alpha value is -1.03. The van der Waals surface area contributed by atoms with Gasteiger partial charge in [0.05, 0.1) is 5.56 Å².